The first-order valence-electron chi connectivity index (χ1n) is 3.58. The summed E-state index contributed by atoms with van der Waals surface area (Å²) >= 11 is 0. The Morgan fingerprint density at radius 2 is 1.38 bits per heavy atom. The van der Waals surface area contributed by atoms with Gasteiger partial charge in [0.05, 0.1) is 0 Å². The fourth-order valence-corrected chi connectivity index (χ4v) is 0.576. The van der Waals surface area contributed by atoms with E-state index in [4.69, 9.17) is 0 Å². The van der Waals surface area contributed by atoms with Crippen molar-refractivity contribution < 1.29 is 21.8 Å². The van der Waals surface area contributed by atoms with Crippen LogP contribution in [0.3, 0.4) is 0 Å². The van der Waals surface area contributed by atoms with Gasteiger partial charge in [-0.05, 0) is 12.5 Å². The van der Waals surface area contributed by atoms with E-state index in [2.05, 4.69) is 19.1 Å². The molecule has 13 heavy (non-hydrogen) atoms. The minimum atomic E-state index is -6.00. The fourth-order valence-electron chi connectivity index (χ4n) is 0.576. The molecule has 0 aromatic carbocycles. The van der Waals surface area contributed by atoms with E-state index in [1.54, 1.807) is 0 Å². The lowest BCUT2D eigenvalue weighted by atomic mass is 10.3. The third-order valence-electron chi connectivity index (χ3n) is 1.15. The van der Waals surface area contributed by atoms with Crippen molar-refractivity contribution in [2.24, 2.45) is 7.05 Å². The number of aromatic nitrogens is 1. The van der Waals surface area contributed by atoms with E-state index in [1.165, 1.54) is 5.56 Å². The third-order valence-corrected chi connectivity index (χ3v) is 1.15. The van der Waals surface area contributed by atoms with Crippen LogP contribution in [0.25, 0.3) is 0 Å². The SMILES string of the molecule is Cc1cc[n+](C)cc1.F[B-](F)(F)F. The summed E-state index contributed by atoms with van der Waals surface area (Å²) in [5.41, 5.74) is 1.31. The van der Waals surface area contributed by atoms with Gasteiger partial charge in [0, 0.05) is 12.1 Å². The molecule has 0 saturated carbocycles. The molecule has 1 nitrogen and oxygen atoms in total. The van der Waals surface area contributed by atoms with Crippen molar-refractivity contribution in [3.05, 3.63) is 30.1 Å². The van der Waals surface area contributed by atoms with Gasteiger partial charge >= 0.3 is 7.25 Å². The van der Waals surface area contributed by atoms with Crippen molar-refractivity contribution in [3.63, 3.8) is 0 Å². The molecule has 0 fully saturated rings. The summed E-state index contributed by atoms with van der Waals surface area (Å²) in [5.74, 6) is 0. The molecule has 1 aromatic rings. The molecule has 0 N–H and O–H groups in total. The van der Waals surface area contributed by atoms with Crippen molar-refractivity contribution in [1.29, 1.82) is 0 Å². The largest absolute Gasteiger partial charge is 0.673 e. The molecule has 0 amide bonds. The molecule has 0 spiro atoms. The van der Waals surface area contributed by atoms with Crippen LogP contribution in [0.15, 0.2) is 24.5 Å². The molecule has 1 rings (SSSR count). The molecule has 0 aliphatic heterocycles. The number of nitrogens with zero attached hydrogens (tertiary/aromatic N) is 1. The topological polar surface area (TPSA) is 3.88 Å². The van der Waals surface area contributed by atoms with Crippen LogP contribution in [0.4, 0.5) is 17.3 Å². The van der Waals surface area contributed by atoms with Crippen LogP contribution in [0.5, 0.6) is 0 Å². The minimum absolute atomic E-state index is 1.31. The molecule has 74 valence electrons. The van der Waals surface area contributed by atoms with Gasteiger partial charge in [0.15, 0.2) is 12.4 Å². The lowest BCUT2D eigenvalue weighted by molar-refractivity contribution is -0.671. The first kappa shape index (κ1) is 11.9. The highest BCUT2D eigenvalue weighted by Gasteiger charge is 2.20. The second-order valence-electron chi connectivity index (χ2n) is 2.54. The van der Waals surface area contributed by atoms with Crippen molar-refractivity contribution in [2.75, 3.05) is 0 Å². The van der Waals surface area contributed by atoms with Crippen molar-refractivity contribution in [3.8, 4) is 0 Å². The highest BCUT2D eigenvalue weighted by atomic mass is 19.5. The zero-order valence-electron chi connectivity index (χ0n) is 7.35. The highest BCUT2D eigenvalue weighted by molar-refractivity contribution is 6.50. The molecular weight excluding hydrogens is 185 g/mol. The Balaban J connectivity index is 0.000000252. The van der Waals surface area contributed by atoms with Gasteiger partial charge in [-0.2, -0.15) is 0 Å². The predicted molar refractivity (Wildman–Crippen MR) is 42.5 cm³/mol. The van der Waals surface area contributed by atoms with Crippen LogP contribution >= 0.6 is 0 Å². The number of hydrogen-bond donors (Lipinski definition) is 0. The molecule has 0 aliphatic rings. The molecule has 0 aliphatic carbocycles. The first-order valence-corrected chi connectivity index (χ1v) is 3.58. The number of halogens is 4. The van der Waals surface area contributed by atoms with Gasteiger partial charge in [0.2, 0.25) is 0 Å². The standard InChI is InChI=1S/C7H10N.BF4/c1-7-3-5-8(2)6-4-7;2-1(3,4)5/h3-6H,1-2H3;/q+1;-1. The number of pyridine rings is 1. The van der Waals surface area contributed by atoms with E-state index in [0.717, 1.165) is 0 Å². The summed E-state index contributed by atoms with van der Waals surface area (Å²) in [4.78, 5) is 0. The second-order valence-corrected chi connectivity index (χ2v) is 2.54. The molecule has 0 saturated heterocycles. The Morgan fingerprint density at radius 3 is 1.62 bits per heavy atom. The molecule has 1 heterocycles. The number of rotatable bonds is 0. The summed E-state index contributed by atoms with van der Waals surface area (Å²) in [6, 6.07) is 4.17. The van der Waals surface area contributed by atoms with Gasteiger partial charge in [-0.1, -0.05) is 0 Å². The van der Waals surface area contributed by atoms with Gasteiger partial charge < -0.3 is 17.3 Å². The van der Waals surface area contributed by atoms with Gasteiger partial charge in [-0.25, -0.2) is 4.57 Å². The lowest BCUT2D eigenvalue weighted by Crippen LogP contribution is -2.25. The summed E-state index contributed by atoms with van der Waals surface area (Å²) in [6.45, 7) is 2.08. The monoisotopic (exact) mass is 195 g/mol. The normalized spacial score (nSPS) is 10.3. The van der Waals surface area contributed by atoms with E-state index in [1.807, 2.05) is 24.0 Å². The Kier molecular flexibility index (Phi) is 4.44. The summed E-state index contributed by atoms with van der Waals surface area (Å²) in [6.07, 6.45) is 4.07. The average Bonchev–Trinajstić information content (AvgIpc) is 1.92. The van der Waals surface area contributed by atoms with Crippen molar-refractivity contribution >= 4 is 7.25 Å². The van der Waals surface area contributed by atoms with E-state index < -0.39 is 7.25 Å². The van der Waals surface area contributed by atoms with Gasteiger partial charge in [-0.15, -0.1) is 0 Å². The molecule has 6 heteroatoms. The zero-order valence-corrected chi connectivity index (χ0v) is 7.35. The number of aryl methyl sites for hydroxylation is 2. The van der Waals surface area contributed by atoms with Crippen LogP contribution < -0.4 is 4.57 Å². The Hall–Kier alpha value is -1.07. The Morgan fingerprint density at radius 1 is 1.08 bits per heavy atom. The van der Waals surface area contributed by atoms with Crippen molar-refractivity contribution in [2.45, 2.75) is 6.92 Å². The first-order chi connectivity index (χ1) is 5.79. The third kappa shape index (κ3) is 10.9. The lowest BCUT2D eigenvalue weighted by Gasteiger charge is -1.94. The molecule has 0 radical (unpaired) electrons. The molecule has 0 unspecified atom stereocenters. The Labute approximate surface area is 74.1 Å². The fraction of sp³-hybridized carbons (Fsp3) is 0.286. The summed E-state index contributed by atoms with van der Waals surface area (Å²) in [7, 11) is -3.99. The maximum Gasteiger partial charge on any atom is 0.673 e. The molecule has 0 bridgehead atoms. The summed E-state index contributed by atoms with van der Waals surface area (Å²) < 4.78 is 41.0. The molecule has 1 aromatic heterocycles. The second kappa shape index (κ2) is 4.84. The van der Waals surface area contributed by atoms with Crippen LogP contribution in [0.1, 0.15) is 5.56 Å². The zero-order chi connectivity index (χ0) is 10.5. The van der Waals surface area contributed by atoms with E-state index >= 15 is 0 Å². The van der Waals surface area contributed by atoms with Gasteiger partial charge in [0.25, 0.3) is 0 Å². The van der Waals surface area contributed by atoms with Crippen LogP contribution in [-0.4, -0.2) is 7.25 Å². The van der Waals surface area contributed by atoms with Crippen LogP contribution in [0.2, 0.25) is 0 Å². The van der Waals surface area contributed by atoms with Crippen LogP contribution in [0, 0.1) is 6.92 Å². The molecular formula is C7H10BF4N. The Bertz CT molecular complexity index is 217. The number of hydrogen-bond acceptors (Lipinski definition) is 0. The van der Waals surface area contributed by atoms with Gasteiger partial charge in [-0.3, -0.25) is 0 Å². The smallest absolute Gasteiger partial charge is 0.418 e. The average molecular weight is 195 g/mol. The van der Waals surface area contributed by atoms with Crippen molar-refractivity contribution in [1.82, 2.24) is 0 Å². The minimum Gasteiger partial charge on any atom is -0.418 e. The molecule has 0 atom stereocenters. The van der Waals surface area contributed by atoms with Gasteiger partial charge in [0.1, 0.15) is 7.05 Å². The van der Waals surface area contributed by atoms with Crippen LogP contribution in [-0.2, 0) is 7.05 Å². The van der Waals surface area contributed by atoms with E-state index in [-0.39, 0.29) is 0 Å². The quantitative estimate of drug-likeness (QED) is 0.339. The summed E-state index contributed by atoms with van der Waals surface area (Å²) in [5, 5.41) is 0. The maximum absolute atomic E-state index is 9.75. The maximum atomic E-state index is 9.75. The van der Waals surface area contributed by atoms with E-state index in [9.17, 15) is 17.3 Å². The van der Waals surface area contributed by atoms with E-state index in [0.29, 0.717) is 0 Å². The predicted octanol–water partition coefficient (Wildman–Crippen LogP) is 2.12. The highest BCUT2D eigenvalue weighted by Crippen LogP contribution is 2.06.